The van der Waals surface area contributed by atoms with Gasteiger partial charge in [0.05, 0.1) is 24.7 Å². The number of aliphatic hydroxyl groups is 1. The lowest BCUT2D eigenvalue weighted by Gasteiger charge is -2.21. The maximum absolute atomic E-state index is 10.8. The number of ether oxygens (including phenoxy) is 2. The van der Waals surface area contributed by atoms with E-state index in [-0.39, 0.29) is 12.0 Å². The molecule has 21 heavy (non-hydrogen) atoms. The maximum atomic E-state index is 10.8. The minimum Gasteiger partial charge on any atom is -0.493 e. The van der Waals surface area contributed by atoms with Gasteiger partial charge in [0.2, 0.25) is 0 Å². The molecule has 2 atom stereocenters. The molecule has 0 spiro atoms. The zero-order valence-electron chi connectivity index (χ0n) is 12.3. The summed E-state index contributed by atoms with van der Waals surface area (Å²) in [5.41, 5.74) is 1.88. The Balaban J connectivity index is 1.91. The van der Waals surface area contributed by atoms with Crippen LogP contribution in [-0.2, 0) is 0 Å². The molecule has 3 nitrogen and oxygen atoms in total. The number of fused-ring (bicyclic) bond motifs is 1. The highest BCUT2D eigenvalue weighted by molar-refractivity contribution is 5.44. The van der Waals surface area contributed by atoms with Crippen molar-refractivity contribution in [2.45, 2.75) is 32.0 Å². The fourth-order valence-electron chi connectivity index (χ4n) is 2.75. The van der Waals surface area contributed by atoms with Crippen LogP contribution in [0.5, 0.6) is 11.5 Å². The topological polar surface area (TPSA) is 38.7 Å². The van der Waals surface area contributed by atoms with E-state index in [0.29, 0.717) is 6.61 Å². The van der Waals surface area contributed by atoms with Crippen molar-refractivity contribution in [3.8, 4) is 11.5 Å². The van der Waals surface area contributed by atoms with Gasteiger partial charge in [0, 0.05) is 11.1 Å². The summed E-state index contributed by atoms with van der Waals surface area (Å²) in [7, 11) is 0. The van der Waals surface area contributed by atoms with E-state index >= 15 is 0 Å². The van der Waals surface area contributed by atoms with Crippen LogP contribution >= 0.6 is 0 Å². The highest BCUT2D eigenvalue weighted by atomic mass is 16.5. The highest BCUT2D eigenvalue weighted by Gasteiger charge is 2.32. The predicted molar refractivity (Wildman–Crippen MR) is 81.8 cm³/mol. The van der Waals surface area contributed by atoms with Gasteiger partial charge in [-0.3, -0.25) is 0 Å². The van der Waals surface area contributed by atoms with Crippen LogP contribution in [0, 0.1) is 0 Å². The monoisotopic (exact) mass is 284 g/mol. The number of rotatable bonds is 4. The van der Waals surface area contributed by atoms with Crippen LogP contribution in [0.3, 0.4) is 0 Å². The molecule has 1 N–H and O–H groups in total. The van der Waals surface area contributed by atoms with Gasteiger partial charge < -0.3 is 14.6 Å². The number of aliphatic hydroxyl groups excluding tert-OH is 1. The number of para-hydroxylation sites is 2. The van der Waals surface area contributed by atoms with E-state index < -0.39 is 6.10 Å². The first kappa shape index (κ1) is 14.0. The largest absolute Gasteiger partial charge is 0.493 e. The summed E-state index contributed by atoms with van der Waals surface area (Å²) in [6.45, 7) is 4.46. The smallest absolute Gasteiger partial charge is 0.125 e. The Morgan fingerprint density at radius 2 is 1.81 bits per heavy atom. The zero-order chi connectivity index (χ0) is 14.8. The van der Waals surface area contributed by atoms with Crippen molar-refractivity contribution in [1.82, 2.24) is 0 Å². The summed E-state index contributed by atoms with van der Waals surface area (Å²) in [4.78, 5) is 0. The van der Waals surface area contributed by atoms with Crippen molar-refractivity contribution in [3.05, 3.63) is 59.7 Å². The van der Waals surface area contributed by atoms with Crippen molar-refractivity contribution in [2.75, 3.05) is 6.61 Å². The Morgan fingerprint density at radius 3 is 2.62 bits per heavy atom. The second kappa shape index (κ2) is 5.78. The van der Waals surface area contributed by atoms with Crippen LogP contribution in [0.2, 0.25) is 0 Å². The summed E-state index contributed by atoms with van der Waals surface area (Å²) in [5, 5.41) is 10.8. The minimum atomic E-state index is -0.636. The van der Waals surface area contributed by atoms with Crippen molar-refractivity contribution in [1.29, 1.82) is 0 Å². The molecule has 1 aliphatic heterocycles. The van der Waals surface area contributed by atoms with Gasteiger partial charge >= 0.3 is 0 Å². The van der Waals surface area contributed by atoms with Gasteiger partial charge in [-0.05, 0) is 26.0 Å². The first-order valence-corrected chi connectivity index (χ1v) is 7.32. The fourth-order valence-corrected chi connectivity index (χ4v) is 2.75. The van der Waals surface area contributed by atoms with E-state index in [2.05, 4.69) is 0 Å². The molecule has 0 radical (unpaired) electrons. The normalized spacial score (nSPS) is 18.2. The number of hydrogen-bond donors (Lipinski definition) is 1. The average molecular weight is 284 g/mol. The number of hydrogen-bond acceptors (Lipinski definition) is 3. The third-order valence-electron chi connectivity index (χ3n) is 3.72. The number of benzene rings is 2. The molecule has 0 aromatic heterocycles. The SMILES string of the molecule is CC(C)Oc1ccccc1C(O)C1COc2ccccc21. The molecule has 2 unspecified atom stereocenters. The Kier molecular flexibility index (Phi) is 3.84. The van der Waals surface area contributed by atoms with Crippen LogP contribution in [0.4, 0.5) is 0 Å². The standard InChI is InChI=1S/C18H20O3/c1-12(2)21-17-10-6-4-8-14(17)18(19)15-11-20-16-9-5-3-7-13(15)16/h3-10,12,15,18-19H,11H2,1-2H3. The van der Waals surface area contributed by atoms with Gasteiger partial charge in [0.25, 0.3) is 0 Å². The molecular weight excluding hydrogens is 264 g/mol. The summed E-state index contributed by atoms with van der Waals surface area (Å²) >= 11 is 0. The van der Waals surface area contributed by atoms with Gasteiger partial charge in [-0.1, -0.05) is 36.4 Å². The van der Waals surface area contributed by atoms with Gasteiger partial charge in [-0.25, -0.2) is 0 Å². The quantitative estimate of drug-likeness (QED) is 0.930. The van der Waals surface area contributed by atoms with E-state index in [1.807, 2.05) is 62.4 Å². The van der Waals surface area contributed by atoms with Crippen molar-refractivity contribution in [2.24, 2.45) is 0 Å². The van der Waals surface area contributed by atoms with Crippen LogP contribution in [0.1, 0.15) is 37.0 Å². The fraction of sp³-hybridized carbons (Fsp3) is 0.333. The van der Waals surface area contributed by atoms with Gasteiger partial charge in [-0.2, -0.15) is 0 Å². The summed E-state index contributed by atoms with van der Waals surface area (Å²) in [6, 6.07) is 15.6. The molecule has 0 saturated carbocycles. The first-order chi connectivity index (χ1) is 10.2. The molecular formula is C18H20O3. The van der Waals surface area contributed by atoms with Crippen LogP contribution in [0.25, 0.3) is 0 Å². The van der Waals surface area contributed by atoms with Crippen LogP contribution in [-0.4, -0.2) is 17.8 Å². The molecule has 3 rings (SSSR count). The lowest BCUT2D eigenvalue weighted by Crippen LogP contribution is -2.15. The minimum absolute atomic E-state index is 0.0573. The molecule has 1 aliphatic rings. The third-order valence-corrected chi connectivity index (χ3v) is 3.72. The van der Waals surface area contributed by atoms with Gasteiger partial charge in [0.1, 0.15) is 11.5 Å². The summed E-state index contributed by atoms with van der Waals surface area (Å²) in [6.07, 6.45) is -0.561. The average Bonchev–Trinajstić information content (AvgIpc) is 2.90. The second-order valence-electron chi connectivity index (χ2n) is 5.60. The van der Waals surface area contributed by atoms with Crippen LogP contribution < -0.4 is 9.47 Å². The van der Waals surface area contributed by atoms with Crippen LogP contribution in [0.15, 0.2) is 48.5 Å². The molecule has 2 aromatic carbocycles. The highest BCUT2D eigenvalue weighted by Crippen LogP contribution is 2.43. The second-order valence-corrected chi connectivity index (χ2v) is 5.60. The molecule has 0 aliphatic carbocycles. The Morgan fingerprint density at radius 1 is 1.10 bits per heavy atom. The third kappa shape index (κ3) is 2.74. The molecule has 1 heterocycles. The molecule has 3 heteroatoms. The van der Waals surface area contributed by atoms with E-state index in [1.54, 1.807) is 0 Å². The molecule has 0 saturated heterocycles. The Labute approximate surface area is 125 Å². The van der Waals surface area contributed by atoms with E-state index in [0.717, 1.165) is 22.6 Å². The Hall–Kier alpha value is -2.00. The van der Waals surface area contributed by atoms with Gasteiger partial charge in [0.15, 0.2) is 0 Å². The van der Waals surface area contributed by atoms with E-state index in [4.69, 9.17) is 9.47 Å². The molecule has 110 valence electrons. The van der Waals surface area contributed by atoms with Crippen molar-refractivity contribution in [3.63, 3.8) is 0 Å². The van der Waals surface area contributed by atoms with Gasteiger partial charge in [-0.15, -0.1) is 0 Å². The molecule has 2 aromatic rings. The molecule has 0 bridgehead atoms. The maximum Gasteiger partial charge on any atom is 0.125 e. The molecule has 0 amide bonds. The predicted octanol–water partition coefficient (Wildman–Crippen LogP) is 3.68. The summed E-state index contributed by atoms with van der Waals surface area (Å²) in [5.74, 6) is 1.55. The Bertz CT molecular complexity index is 621. The van der Waals surface area contributed by atoms with Crippen molar-refractivity contribution < 1.29 is 14.6 Å². The first-order valence-electron chi connectivity index (χ1n) is 7.32. The van der Waals surface area contributed by atoms with Crippen molar-refractivity contribution >= 4 is 0 Å². The van der Waals surface area contributed by atoms with E-state index in [1.165, 1.54) is 0 Å². The lowest BCUT2D eigenvalue weighted by atomic mass is 9.90. The summed E-state index contributed by atoms with van der Waals surface area (Å²) < 4.78 is 11.5. The zero-order valence-corrected chi connectivity index (χ0v) is 12.3. The van der Waals surface area contributed by atoms with E-state index in [9.17, 15) is 5.11 Å². The lowest BCUT2D eigenvalue weighted by molar-refractivity contribution is 0.123. The molecule has 0 fully saturated rings.